The van der Waals surface area contributed by atoms with Gasteiger partial charge in [-0.25, -0.2) is 4.79 Å². The highest BCUT2D eigenvalue weighted by Gasteiger charge is 2.46. The number of carboxylic acid groups (broad SMARTS) is 1. The number of hydroxylamine groups is 2. The molecule has 5 heteroatoms. The van der Waals surface area contributed by atoms with Gasteiger partial charge in [-0.05, 0) is 27.7 Å². The van der Waals surface area contributed by atoms with Crippen LogP contribution in [0.2, 0.25) is 0 Å². The smallest absolute Gasteiger partial charge is 0.450 e. The number of rotatable bonds is 1. The molecule has 1 fully saturated rings. The molecule has 0 atom stereocenters. The van der Waals surface area contributed by atoms with Crippen molar-refractivity contribution in [3.63, 3.8) is 0 Å². The van der Waals surface area contributed by atoms with E-state index in [2.05, 4.69) is 0 Å². The lowest BCUT2D eigenvalue weighted by molar-refractivity contribution is -0.257. The SMILES string of the molecule is CC.CC1(C)CC(OC(=O)O)CC(C)(C)N1O. The van der Waals surface area contributed by atoms with Gasteiger partial charge in [-0.1, -0.05) is 13.8 Å². The average Bonchev–Trinajstić information content (AvgIpc) is 2.15. The summed E-state index contributed by atoms with van der Waals surface area (Å²) in [5.74, 6) is 0. The van der Waals surface area contributed by atoms with Crippen LogP contribution in [0.5, 0.6) is 0 Å². The highest BCUT2D eigenvalue weighted by molar-refractivity contribution is 5.57. The summed E-state index contributed by atoms with van der Waals surface area (Å²) in [5.41, 5.74) is -0.941. The van der Waals surface area contributed by atoms with Gasteiger partial charge in [-0.15, -0.1) is 0 Å². The second-order valence-electron chi connectivity index (χ2n) is 5.35. The van der Waals surface area contributed by atoms with Crippen LogP contribution in [0.15, 0.2) is 0 Å². The van der Waals surface area contributed by atoms with Gasteiger partial charge < -0.3 is 15.1 Å². The van der Waals surface area contributed by atoms with E-state index in [1.807, 2.05) is 41.5 Å². The van der Waals surface area contributed by atoms with Gasteiger partial charge in [0.25, 0.3) is 0 Å². The van der Waals surface area contributed by atoms with Crippen molar-refractivity contribution in [1.29, 1.82) is 0 Å². The Hall–Kier alpha value is -0.810. The lowest BCUT2D eigenvalue weighted by Crippen LogP contribution is -2.60. The van der Waals surface area contributed by atoms with Crippen LogP contribution < -0.4 is 0 Å². The largest absolute Gasteiger partial charge is 0.506 e. The summed E-state index contributed by atoms with van der Waals surface area (Å²) in [4.78, 5) is 10.5. The molecule has 2 N–H and O–H groups in total. The number of carbonyl (C=O) groups is 1. The molecule has 1 saturated heterocycles. The van der Waals surface area contributed by atoms with Crippen LogP contribution in [0.1, 0.15) is 54.4 Å². The zero-order chi connectivity index (χ0) is 13.9. The Bertz CT molecular complexity index is 245. The van der Waals surface area contributed by atoms with E-state index in [-0.39, 0.29) is 6.10 Å². The summed E-state index contributed by atoms with van der Waals surface area (Å²) in [5, 5.41) is 19.8. The lowest BCUT2D eigenvalue weighted by atomic mass is 9.80. The number of piperidine rings is 1. The second kappa shape index (κ2) is 5.69. The van der Waals surface area contributed by atoms with Gasteiger partial charge in [0, 0.05) is 23.9 Å². The minimum Gasteiger partial charge on any atom is -0.450 e. The van der Waals surface area contributed by atoms with E-state index >= 15 is 0 Å². The third kappa shape index (κ3) is 4.16. The molecule has 0 aromatic carbocycles. The second-order valence-corrected chi connectivity index (χ2v) is 5.35. The summed E-state index contributed by atoms with van der Waals surface area (Å²) < 4.78 is 4.79. The summed E-state index contributed by atoms with van der Waals surface area (Å²) >= 11 is 0. The van der Waals surface area contributed by atoms with Crippen LogP contribution in [0.3, 0.4) is 0 Å². The molecule has 0 radical (unpaired) electrons. The predicted octanol–water partition coefficient (Wildman–Crippen LogP) is 3.12. The average molecular weight is 247 g/mol. The molecule has 5 nitrogen and oxygen atoms in total. The van der Waals surface area contributed by atoms with Crippen LogP contribution in [0.4, 0.5) is 4.79 Å². The maximum atomic E-state index is 10.5. The van der Waals surface area contributed by atoms with Crippen molar-refractivity contribution in [3.05, 3.63) is 0 Å². The highest BCUT2D eigenvalue weighted by Crippen LogP contribution is 2.37. The first-order valence-corrected chi connectivity index (χ1v) is 6.04. The molecular formula is C12H25NO4. The zero-order valence-electron chi connectivity index (χ0n) is 11.6. The minimum atomic E-state index is -1.25. The maximum absolute atomic E-state index is 10.5. The van der Waals surface area contributed by atoms with Crippen LogP contribution in [0, 0.1) is 0 Å². The summed E-state index contributed by atoms with van der Waals surface area (Å²) in [6.07, 6.45) is -0.604. The molecule has 102 valence electrons. The summed E-state index contributed by atoms with van der Waals surface area (Å²) in [6, 6.07) is 0. The molecule has 1 aliphatic rings. The Morgan fingerprint density at radius 1 is 1.18 bits per heavy atom. The number of hydrogen-bond acceptors (Lipinski definition) is 4. The van der Waals surface area contributed by atoms with Crippen molar-refractivity contribution in [2.75, 3.05) is 0 Å². The van der Waals surface area contributed by atoms with Crippen LogP contribution >= 0.6 is 0 Å². The first kappa shape index (κ1) is 16.2. The Balaban J connectivity index is 0.00000121. The van der Waals surface area contributed by atoms with Gasteiger partial charge in [-0.3, -0.25) is 0 Å². The van der Waals surface area contributed by atoms with E-state index in [1.54, 1.807) is 0 Å². The lowest BCUT2D eigenvalue weighted by Gasteiger charge is -2.50. The maximum Gasteiger partial charge on any atom is 0.506 e. The van der Waals surface area contributed by atoms with Gasteiger partial charge >= 0.3 is 6.16 Å². The Kier molecular flexibility index (Phi) is 5.42. The Labute approximate surface area is 103 Å². The van der Waals surface area contributed by atoms with Crippen LogP contribution in [-0.2, 0) is 4.74 Å². The summed E-state index contributed by atoms with van der Waals surface area (Å²) in [7, 11) is 0. The summed E-state index contributed by atoms with van der Waals surface area (Å²) in [6.45, 7) is 11.5. The van der Waals surface area contributed by atoms with Crippen molar-refractivity contribution in [2.45, 2.75) is 71.6 Å². The van der Waals surface area contributed by atoms with Crippen LogP contribution in [0.25, 0.3) is 0 Å². The number of hydrogen-bond donors (Lipinski definition) is 2. The molecular weight excluding hydrogens is 222 g/mol. The van der Waals surface area contributed by atoms with E-state index in [0.717, 1.165) is 0 Å². The monoisotopic (exact) mass is 247 g/mol. The van der Waals surface area contributed by atoms with Gasteiger partial charge in [0.1, 0.15) is 6.10 Å². The van der Waals surface area contributed by atoms with Crippen molar-refractivity contribution in [1.82, 2.24) is 5.06 Å². The van der Waals surface area contributed by atoms with E-state index < -0.39 is 17.2 Å². The third-order valence-electron chi connectivity index (χ3n) is 2.87. The van der Waals surface area contributed by atoms with E-state index in [9.17, 15) is 10.0 Å². The molecule has 1 rings (SSSR count). The van der Waals surface area contributed by atoms with E-state index in [4.69, 9.17) is 9.84 Å². The minimum absolute atomic E-state index is 0.351. The Morgan fingerprint density at radius 2 is 1.53 bits per heavy atom. The first-order chi connectivity index (χ1) is 7.65. The normalized spacial score (nSPS) is 23.5. The molecule has 0 bridgehead atoms. The van der Waals surface area contributed by atoms with E-state index in [0.29, 0.717) is 12.8 Å². The zero-order valence-corrected chi connectivity index (χ0v) is 11.6. The molecule has 0 aliphatic carbocycles. The molecule has 1 aliphatic heterocycles. The van der Waals surface area contributed by atoms with Crippen molar-refractivity contribution < 1.29 is 19.8 Å². The van der Waals surface area contributed by atoms with Gasteiger partial charge in [0.2, 0.25) is 0 Å². The van der Waals surface area contributed by atoms with Gasteiger partial charge in [-0.2, -0.15) is 5.06 Å². The predicted molar refractivity (Wildman–Crippen MR) is 65.3 cm³/mol. The molecule has 17 heavy (non-hydrogen) atoms. The third-order valence-corrected chi connectivity index (χ3v) is 2.87. The Morgan fingerprint density at radius 3 is 1.82 bits per heavy atom. The molecule has 0 amide bonds. The van der Waals surface area contributed by atoms with Gasteiger partial charge in [0.05, 0.1) is 0 Å². The molecule has 0 unspecified atom stereocenters. The van der Waals surface area contributed by atoms with Crippen LogP contribution in [-0.4, -0.2) is 38.7 Å². The number of nitrogens with zero attached hydrogens (tertiary/aromatic N) is 1. The fourth-order valence-corrected chi connectivity index (χ4v) is 2.40. The molecule has 1 heterocycles. The highest BCUT2D eigenvalue weighted by atomic mass is 16.7. The first-order valence-electron chi connectivity index (χ1n) is 6.04. The molecule has 0 saturated carbocycles. The van der Waals surface area contributed by atoms with E-state index in [1.165, 1.54) is 5.06 Å². The fraction of sp³-hybridized carbons (Fsp3) is 0.917. The van der Waals surface area contributed by atoms with Crippen molar-refractivity contribution >= 4 is 6.16 Å². The standard InChI is InChI=1S/C10H19NO4.C2H6/c1-9(2)5-7(15-8(12)13)6-10(3,4)11(9)14;1-2/h7,14H,5-6H2,1-4H3,(H,12,13);1-2H3. The molecule has 0 aromatic rings. The number of ether oxygens (including phenoxy) is 1. The molecule has 0 aromatic heterocycles. The topological polar surface area (TPSA) is 70.0 Å². The van der Waals surface area contributed by atoms with Gasteiger partial charge in [0.15, 0.2) is 0 Å². The quantitative estimate of drug-likeness (QED) is 0.697. The molecule has 0 spiro atoms. The van der Waals surface area contributed by atoms with Crippen molar-refractivity contribution in [3.8, 4) is 0 Å². The fourth-order valence-electron chi connectivity index (χ4n) is 2.40. The van der Waals surface area contributed by atoms with Crippen molar-refractivity contribution in [2.24, 2.45) is 0 Å².